The topological polar surface area (TPSA) is 38.7 Å². The molecule has 0 aromatic heterocycles. The summed E-state index contributed by atoms with van der Waals surface area (Å²) in [6, 6.07) is 4.38. The molecular formula is C11H11F2NO2. The van der Waals surface area contributed by atoms with Gasteiger partial charge in [-0.15, -0.1) is 0 Å². The molecule has 0 saturated carbocycles. The largest absolute Gasteiger partial charge is 0.435 e. The highest BCUT2D eigenvalue weighted by Gasteiger charge is 2.10. The molecule has 0 spiro atoms. The number of aliphatic imine (C=N–C) groups is 1. The van der Waals surface area contributed by atoms with E-state index in [1.807, 2.05) is 0 Å². The lowest BCUT2D eigenvalue weighted by molar-refractivity contribution is -0.0503. The first-order valence-corrected chi connectivity index (χ1v) is 4.67. The standard InChI is InChI=1S/C11H11F2NO2/c1-7-3-4-9(8(2)14-6-15)5-10(7)16-11(12)13/h3-5,8,11H,1-2H3. The third-order valence-electron chi connectivity index (χ3n) is 2.16. The molecule has 0 saturated heterocycles. The van der Waals surface area contributed by atoms with E-state index in [-0.39, 0.29) is 5.75 Å². The second kappa shape index (κ2) is 5.37. The van der Waals surface area contributed by atoms with E-state index in [9.17, 15) is 13.6 Å². The average molecular weight is 227 g/mol. The van der Waals surface area contributed by atoms with Crippen molar-refractivity contribution in [2.45, 2.75) is 26.5 Å². The predicted molar refractivity (Wildman–Crippen MR) is 54.3 cm³/mol. The molecule has 0 aliphatic rings. The third kappa shape index (κ3) is 3.14. The monoisotopic (exact) mass is 227 g/mol. The molecule has 1 atom stereocenters. The van der Waals surface area contributed by atoms with Crippen LogP contribution < -0.4 is 4.74 Å². The van der Waals surface area contributed by atoms with Gasteiger partial charge in [-0.05, 0) is 31.0 Å². The molecule has 86 valence electrons. The van der Waals surface area contributed by atoms with Crippen molar-refractivity contribution in [1.82, 2.24) is 0 Å². The zero-order valence-corrected chi connectivity index (χ0v) is 8.91. The van der Waals surface area contributed by atoms with E-state index < -0.39 is 12.7 Å². The highest BCUT2D eigenvalue weighted by molar-refractivity contribution is 5.40. The number of aryl methyl sites for hydroxylation is 1. The SMILES string of the molecule is Cc1ccc(C(C)N=C=O)cc1OC(F)F. The minimum absolute atomic E-state index is 0.0976. The molecule has 0 fully saturated rings. The van der Waals surface area contributed by atoms with Gasteiger partial charge in [0.2, 0.25) is 6.08 Å². The molecule has 16 heavy (non-hydrogen) atoms. The number of carbonyl (C=O) groups excluding carboxylic acids is 1. The second-order valence-corrected chi connectivity index (χ2v) is 3.30. The van der Waals surface area contributed by atoms with E-state index >= 15 is 0 Å². The number of hydrogen-bond acceptors (Lipinski definition) is 3. The lowest BCUT2D eigenvalue weighted by atomic mass is 10.1. The summed E-state index contributed by atoms with van der Waals surface area (Å²) in [7, 11) is 0. The van der Waals surface area contributed by atoms with Gasteiger partial charge in [-0.2, -0.15) is 13.8 Å². The summed E-state index contributed by atoms with van der Waals surface area (Å²) in [6.45, 7) is 0.468. The number of nitrogens with zero attached hydrogens (tertiary/aromatic N) is 1. The van der Waals surface area contributed by atoms with Crippen LogP contribution in [0.15, 0.2) is 23.2 Å². The van der Waals surface area contributed by atoms with Crippen LogP contribution in [0.25, 0.3) is 0 Å². The number of hydrogen-bond donors (Lipinski definition) is 0. The minimum Gasteiger partial charge on any atom is -0.435 e. The van der Waals surface area contributed by atoms with Crippen LogP contribution in [0.4, 0.5) is 8.78 Å². The lowest BCUT2D eigenvalue weighted by Crippen LogP contribution is -2.04. The van der Waals surface area contributed by atoms with Gasteiger partial charge < -0.3 is 4.74 Å². The Morgan fingerprint density at radius 3 is 2.69 bits per heavy atom. The van der Waals surface area contributed by atoms with Gasteiger partial charge in [0, 0.05) is 0 Å². The molecule has 0 N–H and O–H groups in total. The molecule has 1 unspecified atom stereocenters. The van der Waals surface area contributed by atoms with Crippen LogP contribution in [0.5, 0.6) is 5.75 Å². The fourth-order valence-electron chi connectivity index (χ4n) is 1.25. The average Bonchev–Trinajstić information content (AvgIpc) is 2.21. The molecule has 1 aromatic rings. The number of isocyanates is 1. The van der Waals surface area contributed by atoms with Crippen molar-refractivity contribution in [3.63, 3.8) is 0 Å². The summed E-state index contributed by atoms with van der Waals surface area (Å²) in [5, 5.41) is 0. The number of ether oxygens (including phenoxy) is 1. The molecule has 0 radical (unpaired) electrons. The van der Waals surface area contributed by atoms with Gasteiger partial charge in [0.25, 0.3) is 0 Å². The zero-order chi connectivity index (χ0) is 12.1. The molecule has 5 heteroatoms. The molecule has 0 aliphatic carbocycles. The van der Waals surface area contributed by atoms with Crippen LogP contribution in [0, 0.1) is 6.92 Å². The van der Waals surface area contributed by atoms with Crippen molar-refractivity contribution in [1.29, 1.82) is 0 Å². The van der Waals surface area contributed by atoms with E-state index in [4.69, 9.17) is 0 Å². The number of rotatable bonds is 4. The van der Waals surface area contributed by atoms with Crippen molar-refractivity contribution < 1.29 is 18.3 Å². The summed E-state index contributed by atoms with van der Waals surface area (Å²) >= 11 is 0. The van der Waals surface area contributed by atoms with E-state index in [2.05, 4.69) is 9.73 Å². The fraction of sp³-hybridized carbons (Fsp3) is 0.364. The van der Waals surface area contributed by atoms with Crippen molar-refractivity contribution in [3.8, 4) is 5.75 Å². The Bertz CT molecular complexity index is 414. The molecule has 1 rings (SSSR count). The first-order chi connectivity index (χ1) is 7.54. The van der Waals surface area contributed by atoms with Crippen LogP contribution in [0.1, 0.15) is 24.1 Å². The van der Waals surface area contributed by atoms with Crippen molar-refractivity contribution >= 4 is 6.08 Å². The fourth-order valence-corrected chi connectivity index (χ4v) is 1.25. The number of alkyl halides is 2. The van der Waals surface area contributed by atoms with Crippen molar-refractivity contribution in [2.24, 2.45) is 4.99 Å². The first kappa shape index (κ1) is 12.3. The molecule has 3 nitrogen and oxygen atoms in total. The van der Waals surface area contributed by atoms with E-state index in [0.717, 1.165) is 0 Å². The molecular weight excluding hydrogens is 216 g/mol. The normalized spacial score (nSPS) is 12.1. The lowest BCUT2D eigenvalue weighted by Gasteiger charge is -2.11. The molecule has 0 aliphatic heterocycles. The highest BCUT2D eigenvalue weighted by atomic mass is 19.3. The Kier molecular flexibility index (Phi) is 4.14. The summed E-state index contributed by atoms with van der Waals surface area (Å²) in [5.41, 5.74) is 1.23. The summed E-state index contributed by atoms with van der Waals surface area (Å²) < 4.78 is 28.5. The van der Waals surface area contributed by atoms with Gasteiger partial charge in [0.15, 0.2) is 0 Å². The Balaban J connectivity index is 3.01. The summed E-state index contributed by atoms with van der Waals surface area (Å²) in [4.78, 5) is 13.6. The van der Waals surface area contributed by atoms with Crippen molar-refractivity contribution in [2.75, 3.05) is 0 Å². The van der Waals surface area contributed by atoms with E-state index in [1.54, 1.807) is 26.0 Å². The highest BCUT2D eigenvalue weighted by Crippen LogP contribution is 2.26. The van der Waals surface area contributed by atoms with Crippen LogP contribution in [-0.4, -0.2) is 12.7 Å². The van der Waals surface area contributed by atoms with Crippen LogP contribution in [0.3, 0.4) is 0 Å². The maximum absolute atomic E-state index is 12.1. The van der Waals surface area contributed by atoms with Crippen LogP contribution >= 0.6 is 0 Å². The molecule has 0 bridgehead atoms. The quantitative estimate of drug-likeness (QED) is 0.585. The molecule has 1 aromatic carbocycles. The van der Waals surface area contributed by atoms with Gasteiger partial charge >= 0.3 is 6.61 Å². The Morgan fingerprint density at radius 2 is 2.12 bits per heavy atom. The predicted octanol–water partition coefficient (Wildman–Crippen LogP) is 2.99. The van der Waals surface area contributed by atoms with Crippen LogP contribution in [-0.2, 0) is 4.79 Å². The van der Waals surface area contributed by atoms with E-state index in [0.29, 0.717) is 11.1 Å². The van der Waals surface area contributed by atoms with Crippen LogP contribution in [0.2, 0.25) is 0 Å². The maximum atomic E-state index is 12.1. The van der Waals surface area contributed by atoms with Gasteiger partial charge in [0.05, 0.1) is 6.04 Å². The number of halogens is 2. The Labute approximate surface area is 91.8 Å². The molecule has 0 heterocycles. The van der Waals surface area contributed by atoms with Gasteiger partial charge in [-0.1, -0.05) is 12.1 Å². The third-order valence-corrected chi connectivity index (χ3v) is 2.16. The smallest absolute Gasteiger partial charge is 0.387 e. The van der Waals surface area contributed by atoms with Gasteiger partial charge in [-0.25, -0.2) is 4.79 Å². The van der Waals surface area contributed by atoms with E-state index in [1.165, 1.54) is 12.1 Å². The Morgan fingerprint density at radius 1 is 1.44 bits per heavy atom. The van der Waals surface area contributed by atoms with Gasteiger partial charge in [-0.3, -0.25) is 0 Å². The molecule has 0 amide bonds. The summed E-state index contributed by atoms with van der Waals surface area (Å²) in [6.07, 6.45) is 1.43. The second-order valence-electron chi connectivity index (χ2n) is 3.30. The maximum Gasteiger partial charge on any atom is 0.387 e. The Hall–Kier alpha value is -1.74. The zero-order valence-electron chi connectivity index (χ0n) is 8.91. The van der Waals surface area contributed by atoms with Crippen molar-refractivity contribution in [3.05, 3.63) is 29.3 Å². The first-order valence-electron chi connectivity index (χ1n) is 4.67. The number of benzene rings is 1. The van der Waals surface area contributed by atoms with Gasteiger partial charge in [0.1, 0.15) is 5.75 Å². The summed E-state index contributed by atoms with van der Waals surface area (Å²) in [5.74, 6) is 0.0976. The minimum atomic E-state index is -2.86.